The van der Waals surface area contributed by atoms with Crippen molar-refractivity contribution in [3.63, 3.8) is 0 Å². The predicted molar refractivity (Wildman–Crippen MR) is 58.7 cm³/mol. The van der Waals surface area contributed by atoms with Crippen LogP contribution in [0.3, 0.4) is 0 Å². The van der Waals surface area contributed by atoms with E-state index in [2.05, 4.69) is 0 Å². The number of ketones is 1. The molecule has 0 spiro atoms. The molecule has 0 aromatic carbocycles. The number of carbonyl (C=O) groups excluding carboxylic acids is 1. The number of carbonyl (C=O) groups is 1. The van der Waals surface area contributed by atoms with Gasteiger partial charge in [0.25, 0.3) is 0 Å². The Morgan fingerprint density at radius 3 is 2.33 bits per heavy atom. The molecular weight excluding hydrogens is 190 g/mol. The standard InChI is InChI=1S/C12H17NO2/c1-8-6-7-13(15)9(2)10(8)11(14)12(3,4)5/h6-7H,1-5H3. The lowest BCUT2D eigenvalue weighted by atomic mass is 9.84. The first-order valence-electron chi connectivity index (χ1n) is 4.99. The van der Waals surface area contributed by atoms with Crippen molar-refractivity contribution in [2.75, 3.05) is 0 Å². The van der Waals surface area contributed by atoms with Gasteiger partial charge < -0.3 is 5.21 Å². The Morgan fingerprint density at radius 1 is 1.33 bits per heavy atom. The fourth-order valence-corrected chi connectivity index (χ4v) is 1.49. The monoisotopic (exact) mass is 207 g/mol. The van der Waals surface area contributed by atoms with Crippen LogP contribution in [0.5, 0.6) is 0 Å². The third-order valence-corrected chi connectivity index (χ3v) is 2.45. The first-order valence-corrected chi connectivity index (χ1v) is 4.99. The second kappa shape index (κ2) is 3.65. The molecule has 0 N–H and O–H groups in total. The highest BCUT2D eigenvalue weighted by molar-refractivity contribution is 6.01. The summed E-state index contributed by atoms with van der Waals surface area (Å²) in [4.78, 5) is 12.1. The molecule has 3 nitrogen and oxygen atoms in total. The molecular formula is C12H17NO2. The minimum atomic E-state index is -0.454. The second-order valence-corrected chi connectivity index (χ2v) is 4.86. The van der Waals surface area contributed by atoms with Crippen LogP contribution in [0.2, 0.25) is 0 Å². The third kappa shape index (κ3) is 2.17. The molecule has 0 bridgehead atoms. The minimum Gasteiger partial charge on any atom is -0.618 e. The second-order valence-electron chi connectivity index (χ2n) is 4.86. The van der Waals surface area contributed by atoms with E-state index in [1.54, 1.807) is 13.0 Å². The summed E-state index contributed by atoms with van der Waals surface area (Å²) in [6, 6.07) is 1.68. The summed E-state index contributed by atoms with van der Waals surface area (Å²) in [5, 5.41) is 11.4. The lowest BCUT2D eigenvalue weighted by Gasteiger charge is -2.18. The van der Waals surface area contributed by atoms with Crippen molar-refractivity contribution in [3.8, 4) is 0 Å². The fraction of sp³-hybridized carbons (Fsp3) is 0.500. The molecule has 15 heavy (non-hydrogen) atoms. The molecule has 1 rings (SSSR count). The van der Waals surface area contributed by atoms with Crippen molar-refractivity contribution in [3.05, 3.63) is 34.3 Å². The highest BCUT2D eigenvalue weighted by Crippen LogP contribution is 2.23. The average molecular weight is 207 g/mol. The molecule has 1 aromatic rings. The Hall–Kier alpha value is -1.38. The molecule has 0 aliphatic heterocycles. The van der Waals surface area contributed by atoms with Gasteiger partial charge in [-0.3, -0.25) is 4.79 Å². The van der Waals surface area contributed by atoms with Crippen LogP contribution in [0.1, 0.15) is 42.4 Å². The number of rotatable bonds is 1. The van der Waals surface area contributed by atoms with Crippen LogP contribution in [0.4, 0.5) is 0 Å². The van der Waals surface area contributed by atoms with Gasteiger partial charge in [0, 0.05) is 18.4 Å². The van der Waals surface area contributed by atoms with E-state index in [1.807, 2.05) is 27.7 Å². The summed E-state index contributed by atoms with van der Waals surface area (Å²) in [5.41, 5.74) is 1.44. The Kier molecular flexibility index (Phi) is 2.84. The van der Waals surface area contributed by atoms with Crippen LogP contribution in [0.15, 0.2) is 12.3 Å². The van der Waals surface area contributed by atoms with Crippen molar-refractivity contribution in [2.24, 2.45) is 5.41 Å². The van der Waals surface area contributed by atoms with E-state index in [0.29, 0.717) is 11.3 Å². The Labute approximate surface area is 90.3 Å². The van der Waals surface area contributed by atoms with Gasteiger partial charge in [-0.05, 0) is 12.5 Å². The molecule has 0 unspecified atom stereocenters. The molecule has 82 valence electrons. The lowest BCUT2D eigenvalue weighted by Crippen LogP contribution is -2.34. The number of nitrogens with zero attached hydrogens (tertiary/aromatic N) is 1. The summed E-state index contributed by atoms with van der Waals surface area (Å²) >= 11 is 0. The normalized spacial score (nSPS) is 11.5. The minimum absolute atomic E-state index is 0.0164. The summed E-state index contributed by atoms with van der Waals surface area (Å²) in [5.74, 6) is 0.0164. The van der Waals surface area contributed by atoms with Gasteiger partial charge in [-0.1, -0.05) is 20.8 Å². The van der Waals surface area contributed by atoms with Crippen LogP contribution in [0.25, 0.3) is 0 Å². The van der Waals surface area contributed by atoms with Gasteiger partial charge in [-0.15, -0.1) is 0 Å². The van der Waals surface area contributed by atoms with Crippen molar-refractivity contribution >= 4 is 5.78 Å². The van der Waals surface area contributed by atoms with E-state index in [4.69, 9.17) is 0 Å². The Morgan fingerprint density at radius 2 is 1.87 bits per heavy atom. The molecule has 0 fully saturated rings. The van der Waals surface area contributed by atoms with Gasteiger partial charge >= 0.3 is 0 Å². The average Bonchev–Trinajstić information content (AvgIpc) is 2.10. The Bertz CT molecular complexity index is 403. The molecule has 0 atom stereocenters. The van der Waals surface area contributed by atoms with Crippen molar-refractivity contribution < 1.29 is 9.52 Å². The molecule has 0 saturated heterocycles. The number of aromatic nitrogens is 1. The van der Waals surface area contributed by atoms with Crippen molar-refractivity contribution in [1.82, 2.24) is 0 Å². The summed E-state index contributed by atoms with van der Waals surface area (Å²) in [6.07, 6.45) is 1.43. The summed E-state index contributed by atoms with van der Waals surface area (Å²) in [7, 11) is 0. The number of hydrogen-bond acceptors (Lipinski definition) is 2. The first kappa shape index (κ1) is 11.7. The van der Waals surface area contributed by atoms with Gasteiger partial charge in [0.05, 0.1) is 5.56 Å². The highest BCUT2D eigenvalue weighted by Gasteiger charge is 2.28. The van der Waals surface area contributed by atoms with Gasteiger partial charge in [-0.25, -0.2) is 0 Å². The van der Waals surface area contributed by atoms with E-state index in [1.165, 1.54) is 6.20 Å². The maximum absolute atomic E-state index is 12.1. The first-order chi connectivity index (χ1) is 6.75. The van der Waals surface area contributed by atoms with Crippen molar-refractivity contribution in [1.29, 1.82) is 0 Å². The Balaban J connectivity index is 3.38. The van der Waals surface area contributed by atoms with E-state index >= 15 is 0 Å². The smallest absolute Gasteiger partial charge is 0.200 e. The van der Waals surface area contributed by atoms with Crippen LogP contribution in [-0.4, -0.2) is 5.78 Å². The van der Waals surface area contributed by atoms with Gasteiger partial charge in [-0.2, -0.15) is 4.73 Å². The van der Waals surface area contributed by atoms with Crippen molar-refractivity contribution in [2.45, 2.75) is 34.6 Å². The SMILES string of the molecule is Cc1cc[n+]([O-])c(C)c1C(=O)C(C)(C)C. The summed E-state index contributed by atoms with van der Waals surface area (Å²) < 4.78 is 0.742. The number of aryl methyl sites for hydroxylation is 1. The molecule has 3 heteroatoms. The maximum atomic E-state index is 12.1. The molecule has 0 aliphatic rings. The zero-order chi connectivity index (χ0) is 11.8. The lowest BCUT2D eigenvalue weighted by molar-refractivity contribution is -0.612. The van der Waals surface area contributed by atoms with E-state index in [0.717, 1.165) is 10.3 Å². The fourth-order valence-electron chi connectivity index (χ4n) is 1.49. The third-order valence-electron chi connectivity index (χ3n) is 2.45. The molecule has 1 aromatic heterocycles. The van der Waals surface area contributed by atoms with Crippen LogP contribution in [-0.2, 0) is 0 Å². The van der Waals surface area contributed by atoms with E-state index in [9.17, 15) is 10.0 Å². The predicted octanol–water partition coefficient (Wildman–Crippen LogP) is 2.17. The molecule has 1 heterocycles. The van der Waals surface area contributed by atoms with Gasteiger partial charge in [0.15, 0.2) is 12.0 Å². The van der Waals surface area contributed by atoms with E-state index < -0.39 is 5.41 Å². The maximum Gasteiger partial charge on any atom is 0.200 e. The number of pyridine rings is 1. The zero-order valence-electron chi connectivity index (χ0n) is 9.92. The van der Waals surface area contributed by atoms with Gasteiger partial charge in [0.2, 0.25) is 5.69 Å². The van der Waals surface area contributed by atoms with Crippen LogP contribution >= 0.6 is 0 Å². The number of Topliss-reactive ketones (excluding diaryl/α,β-unsaturated/α-hetero) is 1. The largest absolute Gasteiger partial charge is 0.618 e. The van der Waals surface area contributed by atoms with Crippen LogP contribution in [0, 0.1) is 24.5 Å². The van der Waals surface area contributed by atoms with E-state index in [-0.39, 0.29) is 5.78 Å². The zero-order valence-corrected chi connectivity index (χ0v) is 9.92. The molecule has 0 radical (unpaired) electrons. The summed E-state index contributed by atoms with van der Waals surface area (Å²) in [6.45, 7) is 9.11. The van der Waals surface area contributed by atoms with Gasteiger partial charge in [0.1, 0.15) is 0 Å². The van der Waals surface area contributed by atoms with Crippen LogP contribution < -0.4 is 4.73 Å². The molecule has 0 amide bonds. The number of hydrogen-bond donors (Lipinski definition) is 0. The quantitative estimate of drug-likeness (QED) is 0.402. The topological polar surface area (TPSA) is 44.0 Å². The highest BCUT2D eigenvalue weighted by atomic mass is 16.5. The molecule has 0 aliphatic carbocycles. The molecule has 0 saturated carbocycles.